The minimum atomic E-state index is -3.78. The summed E-state index contributed by atoms with van der Waals surface area (Å²) in [4.78, 5) is 0.0422. The van der Waals surface area contributed by atoms with Crippen molar-refractivity contribution >= 4 is 19.7 Å². The van der Waals surface area contributed by atoms with E-state index >= 15 is 0 Å². The van der Waals surface area contributed by atoms with Gasteiger partial charge in [0.2, 0.25) is 0 Å². The van der Waals surface area contributed by atoms with Gasteiger partial charge in [-0.3, -0.25) is 4.68 Å². The molecule has 0 aromatic carbocycles. The van der Waals surface area contributed by atoms with E-state index in [0.29, 0.717) is 12.3 Å². The summed E-state index contributed by atoms with van der Waals surface area (Å²) in [5, 5.41) is 4.11. The minimum Gasteiger partial charge on any atom is -0.375 e. The molecule has 0 aliphatic rings. The number of aromatic nitrogens is 2. The van der Waals surface area contributed by atoms with Crippen LogP contribution in [0.1, 0.15) is 45.3 Å². The van der Waals surface area contributed by atoms with Crippen LogP contribution in [0.25, 0.3) is 0 Å². The van der Waals surface area contributed by atoms with Crippen LogP contribution in [0.3, 0.4) is 0 Å². The maximum Gasteiger partial charge on any atom is 0.264 e. The van der Waals surface area contributed by atoms with Crippen LogP contribution >= 0.6 is 10.7 Å². The summed E-state index contributed by atoms with van der Waals surface area (Å²) in [5.74, 6) is 0. The fourth-order valence-corrected chi connectivity index (χ4v) is 2.57. The van der Waals surface area contributed by atoms with Gasteiger partial charge in [0.05, 0.1) is 18.5 Å². The van der Waals surface area contributed by atoms with Crippen LogP contribution in [0.5, 0.6) is 0 Å². The first-order chi connectivity index (χ1) is 8.41. The van der Waals surface area contributed by atoms with Gasteiger partial charge in [-0.05, 0) is 19.8 Å². The second-order valence-electron chi connectivity index (χ2n) is 4.15. The summed E-state index contributed by atoms with van der Waals surface area (Å²) in [7, 11) is 1.62. The fourth-order valence-electron chi connectivity index (χ4n) is 1.58. The summed E-state index contributed by atoms with van der Waals surface area (Å²) >= 11 is 0. The van der Waals surface area contributed by atoms with Crippen molar-refractivity contribution in [3.05, 3.63) is 11.9 Å². The molecule has 0 spiro atoms. The van der Waals surface area contributed by atoms with Gasteiger partial charge in [0.25, 0.3) is 9.05 Å². The lowest BCUT2D eigenvalue weighted by Gasteiger charge is -2.14. The third kappa shape index (κ3) is 3.70. The number of rotatable bonds is 7. The Kier molecular flexibility index (Phi) is 5.62. The number of nitrogens with zero attached hydrogens (tertiary/aromatic N) is 2. The highest BCUT2D eigenvalue weighted by Crippen LogP contribution is 2.24. The van der Waals surface area contributed by atoms with Gasteiger partial charge in [0, 0.05) is 23.3 Å². The van der Waals surface area contributed by atoms with Crippen LogP contribution < -0.4 is 0 Å². The third-order valence-electron chi connectivity index (χ3n) is 2.72. The molecule has 0 radical (unpaired) electrons. The first-order valence-corrected chi connectivity index (χ1v) is 8.31. The van der Waals surface area contributed by atoms with E-state index in [1.54, 1.807) is 4.68 Å². The highest BCUT2D eigenvalue weighted by molar-refractivity contribution is 8.13. The molecule has 1 heterocycles. The number of hydrogen-bond donors (Lipinski definition) is 0. The molecule has 1 aromatic rings. The Balaban J connectivity index is 3.09. The normalized spacial score (nSPS) is 13.8. The Morgan fingerprint density at radius 1 is 1.50 bits per heavy atom. The fraction of sp³-hybridized carbons (Fsp3) is 0.727. The van der Waals surface area contributed by atoms with E-state index < -0.39 is 9.05 Å². The highest BCUT2D eigenvalue weighted by atomic mass is 35.7. The van der Waals surface area contributed by atoms with Crippen LogP contribution in [0.4, 0.5) is 0 Å². The maximum atomic E-state index is 11.5. The monoisotopic (exact) mass is 294 g/mol. The minimum absolute atomic E-state index is 0.0422. The lowest BCUT2D eigenvalue weighted by molar-refractivity contribution is 0.112. The predicted molar refractivity (Wildman–Crippen MR) is 70.2 cm³/mol. The summed E-state index contributed by atoms with van der Waals surface area (Å²) in [6.45, 7) is 6.76. The second kappa shape index (κ2) is 6.54. The van der Waals surface area contributed by atoms with Gasteiger partial charge in [-0.25, -0.2) is 8.42 Å². The molecule has 0 fully saturated rings. The van der Waals surface area contributed by atoms with Gasteiger partial charge in [0.15, 0.2) is 0 Å². The lowest BCUT2D eigenvalue weighted by Crippen LogP contribution is -2.12. The van der Waals surface area contributed by atoms with E-state index in [1.165, 1.54) is 6.20 Å². The van der Waals surface area contributed by atoms with E-state index in [2.05, 4.69) is 5.10 Å². The van der Waals surface area contributed by atoms with Crippen molar-refractivity contribution in [2.75, 3.05) is 6.61 Å². The first kappa shape index (κ1) is 15.5. The number of halogens is 1. The molecule has 0 saturated heterocycles. The topological polar surface area (TPSA) is 61.2 Å². The molecule has 1 rings (SSSR count). The van der Waals surface area contributed by atoms with Crippen LogP contribution in [-0.4, -0.2) is 24.8 Å². The second-order valence-corrected chi connectivity index (χ2v) is 6.68. The van der Waals surface area contributed by atoms with E-state index in [1.807, 2.05) is 20.8 Å². The number of hydrogen-bond acceptors (Lipinski definition) is 4. The Morgan fingerprint density at radius 3 is 2.67 bits per heavy atom. The molecule has 0 unspecified atom stereocenters. The number of ether oxygens (including phenoxy) is 1. The molecule has 1 atom stereocenters. The standard InChI is InChI=1S/C11H19ClN2O3S/c1-4-6-17-8-10-11(18(12,15)16)7-13-14(10)9(3)5-2/h7,9H,4-6,8H2,1-3H3/t9-/m0/s1. The average molecular weight is 295 g/mol. The van der Waals surface area contributed by atoms with E-state index in [0.717, 1.165) is 12.8 Å². The molecule has 0 aliphatic carbocycles. The molecule has 0 N–H and O–H groups in total. The molecule has 7 heteroatoms. The highest BCUT2D eigenvalue weighted by Gasteiger charge is 2.22. The zero-order valence-corrected chi connectivity index (χ0v) is 12.5. The maximum absolute atomic E-state index is 11.5. The van der Waals surface area contributed by atoms with Gasteiger partial charge < -0.3 is 4.74 Å². The van der Waals surface area contributed by atoms with Crippen molar-refractivity contribution in [1.82, 2.24) is 9.78 Å². The van der Waals surface area contributed by atoms with Crippen molar-refractivity contribution in [2.45, 2.75) is 51.2 Å². The molecule has 0 saturated carbocycles. The van der Waals surface area contributed by atoms with Crippen LogP contribution in [0.2, 0.25) is 0 Å². The van der Waals surface area contributed by atoms with Crippen molar-refractivity contribution < 1.29 is 13.2 Å². The van der Waals surface area contributed by atoms with Gasteiger partial charge in [-0.1, -0.05) is 13.8 Å². The van der Waals surface area contributed by atoms with Gasteiger partial charge in [-0.15, -0.1) is 0 Å². The summed E-state index contributed by atoms with van der Waals surface area (Å²) in [6.07, 6.45) is 3.02. The zero-order chi connectivity index (χ0) is 13.8. The van der Waals surface area contributed by atoms with Gasteiger partial charge >= 0.3 is 0 Å². The lowest BCUT2D eigenvalue weighted by atomic mass is 10.2. The van der Waals surface area contributed by atoms with Gasteiger partial charge in [0.1, 0.15) is 4.90 Å². The van der Waals surface area contributed by atoms with E-state index in [4.69, 9.17) is 15.4 Å². The van der Waals surface area contributed by atoms with Crippen molar-refractivity contribution in [3.63, 3.8) is 0 Å². The molecule has 0 bridgehead atoms. The molecule has 0 amide bonds. The zero-order valence-electron chi connectivity index (χ0n) is 10.9. The van der Waals surface area contributed by atoms with Crippen molar-refractivity contribution in [3.8, 4) is 0 Å². The molecule has 0 aliphatic heterocycles. The molecule has 104 valence electrons. The quantitative estimate of drug-likeness (QED) is 0.573. The van der Waals surface area contributed by atoms with E-state index in [9.17, 15) is 8.42 Å². The summed E-state index contributed by atoms with van der Waals surface area (Å²) in [5.41, 5.74) is 0.521. The summed E-state index contributed by atoms with van der Waals surface area (Å²) < 4.78 is 30.0. The van der Waals surface area contributed by atoms with Gasteiger partial charge in [-0.2, -0.15) is 5.10 Å². The first-order valence-electron chi connectivity index (χ1n) is 6.00. The third-order valence-corrected chi connectivity index (χ3v) is 4.08. The average Bonchev–Trinajstić information content (AvgIpc) is 2.72. The Labute approximate surface area is 113 Å². The smallest absolute Gasteiger partial charge is 0.264 e. The molecule has 5 nitrogen and oxygen atoms in total. The molecular formula is C11H19ClN2O3S. The summed E-state index contributed by atoms with van der Waals surface area (Å²) in [6, 6.07) is 0.109. The van der Waals surface area contributed by atoms with Crippen molar-refractivity contribution in [2.24, 2.45) is 0 Å². The molecule has 1 aromatic heterocycles. The van der Waals surface area contributed by atoms with Crippen LogP contribution in [0.15, 0.2) is 11.1 Å². The Hall–Kier alpha value is -0.590. The Bertz CT molecular complexity index is 484. The molecular weight excluding hydrogens is 276 g/mol. The molecule has 18 heavy (non-hydrogen) atoms. The SMILES string of the molecule is CCCOCc1c(S(=O)(=O)Cl)cnn1[C@@H](C)CC. The largest absolute Gasteiger partial charge is 0.375 e. The van der Waals surface area contributed by atoms with Crippen LogP contribution in [-0.2, 0) is 20.4 Å². The van der Waals surface area contributed by atoms with E-state index in [-0.39, 0.29) is 17.5 Å². The van der Waals surface area contributed by atoms with Crippen molar-refractivity contribution in [1.29, 1.82) is 0 Å². The predicted octanol–water partition coefficient (Wildman–Crippen LogP) is 2.71. The Morgan fingerprint density at radius 2 is 2.17 bits per heavy atom. The van der Waals surface area contributed by atoms with Crippen LogP contribution in [0, 0.1) is 0 Å².